The van der Waals surface area contributed by atoms with Gasteiger partial charge in [-0.1, -0.05) is 72.8 Å². The first-order valence-corrected chi connectivity index (χ1v) is 11.3. The number of carbonyl (C=O) groups excluding carboxylic acids is 3. The summed E-state index contributed by atoms with van der Waals surface area (Å²) in [5.41, 5.74) is 6.60. The zero-order valence-corrected chi connectivity index (χ0v) is 19.4. The zero-order chi connectivity index (χ0) is 24.1. The highest BCUT2D eigenvalue weighted by atomic mass is 16.5. The minimum Gasteiger partial charge on any atom is -0.449 e. The molecular weight excluding hydrogens is 428 g/mol. The number of ether oxygens (including phenoxy) is 1. The standard InChI is InChI=1S/C28H28N2O4/c1-19(32)27(30(2)18-31)15-20-11-13-21(14-12-20)16-29-28(33)34-17-26-24-9-5-3-7-22(24)23-8-4-6-10-25(23)26/h3-14,18,26-27H,15-17H2,1-2H3,(H,29,33). The van der Waals surface area contributed by atoms with E-state index in [0.717, 1.165) is 11.1 Å². The van der Waals surface area contributed by atoms with Gasteiger partial charge in [0.05, 0.1) is 6.04 Å². The third-order valence-corrected chi connectivity index (χ3v) is 6.36. The molecule has 0 saturated carbocycles. The van der Waals surface area contributed by atoms with Crippen molar-refractivity contribution in [1.29, 1.82) is 0 Å². The van der Waals surface area contributed by atoms with E-state index >= 15 is 0 Å². The Balaban J connectivity index is 1.31. The van der Waals surface area contributed by atoms with Crippen molar-refractivity contribution in [2.75, 3.05) is 13.7 Å². The molecule has 0 aliphatic heterocycles. The summed E-state index contributed by atoms with van der Waals surface area (Å²) in [4.78, 5) is 36.6. The number of likely N-dealkylation sites (N-methyl/N-ethyl adjacent to an activating group) is 1. The number of alkyl carbamates (subject to hydrolysis) is 1. The van der Waals surface area contributed by atoms with Crippen LogP contribution in [0, 0.1) is 0 Å². The molecule has 0 fully saturated rings. The maximum absolute atomic E-state index is 12.4. The minimum absolute atomic E-state index is 0.0242. The van der Waals surface area contributed by atoms with Crippen molar-refractivity contribution < 1.29 is 19.1 Å². The van der Waals surface area contributed by atoms with Crippen LogP contribution in [0.3, 0.4) is 0 Å². The first-order valence-electron chi connectivity index (χ1n) is 11.3. The van der Waals surface area contributed by atoms with Crippen LogP contribution in [0.15, 0.2) is 72.8 Å². The van der Waals surface area contributed by atoms with Gasteiger partial charge in [0, 0.05) is 19.5 Å². The molecule has 1 atom stereocenters. The quantitative estimate of drug-likeness (QED) is 0.487. The zero-order valence-electron chi connectivity index (χ0n) is 19.4. The molecule has 0 saturated heterocycles. The molecule has 1 N–H and O–H groups in total. The van der Waals surface area contributed by atoms with Gasteiger partial charge in [-0.05, 0) is 46.7 Å². The Morgan fingerprint density at radius 1 is 0.941 bits per heavy atom. The molecule has 6 nitrogen and oxygen atoms in total. The SMILES string of the molecule is CC(=O)C(Cc1ccc(CNC(=O)OCC2c3ccccc3-c3ccccc32)cc1)N(C)C=O. The molecular formula is C28H28N2O4. The summed E-state index contributed by atoms with van der Waals surface area (Å²) in [6.45, 7) is 2.09. The highest BCUT2D eigenvalue weighted by Gasteiger charge is 2.29. The lowest BCUT2D eigenvalue weighted by molar-refractivity contribution is -0.128. The van der Waals surface area contributed by atoms with Crippen molar-refractivity contribution in [3.63, 3.8) is 0 Å². The Morgan fingerprint density at radius 3 is 2.06 bits per heavy atom. The molecule has 1 aliphatic rings. The van der Waals surface area contributed by atoms with Crippen molar-refractivity contribution in [3.05, 3.63) is 95.1 Å². The number of ketones is 1. The molecule has 1 unspecified atom stereocenters. The number of nitrogens with zero attached hydrogens (tertiary/aromatic N) is 1. The van der Waals surface area contributed by atoms with E-state index in [2.05, 4.69) is 29.6 Å². The van der Waals surface area contributed by atoms with Crippen molar-refractivity contribution in [2.24, 2.45) is 0 Å². The van der Waals surface area contributed by atoms with Gasteiger partial charge >= 0.3 is 6.09 Å². The van der Waals surface area contributed by atoms with E-state index in [1.807, 2.05) is 48.5 Å². The second-order valence-electron chi connectivity index (χ2n) is 8.60. The van der Waals surface area contributed by atoms with Crippen LogP contribution >= 0.6 is 0 Å². The van der Waals surface area contributed by atoms with Crippen LogP contribution in [-0.2, 0) is 27.3 Å². The maximum Gasteiger partial charge on any atom is 0.407 e. The van der Waals surface area contributed by atoms with Crippen LogP contribution in [0.4, 0.5) is 4.79 Å². The number of fused-ring (bicyclic) bond motifs is 3. The Hall–Kier alpha value is -3.93. The van der Waals surface area contributed by atoms with E-state index in [-0.39, 0.29) is 18.3 Å². The third kappa shape index (κ3) is 5.01. The number of nitrogens with one attached hydrogen (secondary N) is 1. The molecule has 0 aromatic heterocycles. The van der Waals surface area contributed by atoms with E-state index in [9.17, 15) is 14.4 Å². The average Bonchev–Trinajstić information content (AvgIpc) is 3.18. The fourth-order valence-electron chi connectivity index (χ4n) is 4.49. The van der Waals surface area contributed by atoms with Crippen LogP contribution in [0.2, 0.25) is 0 Å². The van der Waals surface area contributed by atoms with Crippen LogP contribution < -0.4 is 5.32 Å². The van der Waals surface area contributed by atoms with E-state index in [0.29, 0.717) is 19.4 Å². The fraction of sp³-hybridized carbons (Fsp3) is 0.250. The van der Waals surface area contributed by atoms with Crippen LogP contribution in [0.25, 0.3) is 11.1 Å². The van der Waals surface area contributed by atoms with Gasteiger partial charge in [-0.25, -0.2) is 4.79 Å². The summed E-state index contributed by atoms with van der Waals surface area (Å²) in [6.07, 6.45) is 0.652. The molecule has 0 spiro atoms. The van der Waals surface area contributed by atoms with Gasteiger partial charge in [-0.15, -0.1) is 0 Å². The summed E-state index contributed by atoms with van der Waals surface area (Å²) < 4.78 is 5.58. The van der Waals surface area contributed by atoms with Crippen LogP contribution in [-0.4, -0.2) is 42.9 Å². The van der Waals surface area contributed by atoms with Crippen LogP contribution in [0.5, 0.6) is 0 Å². The largest absolute Gasteiger partial charge is 0.449 e. The number of amides is 2. The normalized spacial score (nSPS) is 12.9. The van der Waals surface area contributed by atoms with Gasteiger partial charge in [0.25, 0.3) is 0 Å². The lowest BCUT2D eigenvalue weighted by Gasteiger charge is -2.22. The molecule has 0 bridgehead atoms. The summed E-state index contributed by atoms with van der Waals surface area (Å²) in [7, 11) is 1.60. The molecule has 3 aromatic carbocycles. The lowest BCUT2D eigenvalue weighted by atomic mass is 9.98. The summed E-state index contributed by atoms with van der Waals surface area (Å²) in [6, 6.07) is 23.6. The molecule has 1 aliphatic carbocycles. The highest BCUT2D eigenvalue weighted by molar-refractivity contribution is 5.83. The summed E-state index contributed by atoms with van der Waals surface area (Å²) in [5.74, 6) is -0.0354. The Morgan fingerprint density at radius 2 is 1.50 bits per heavy atom. The van der Waals surface area contributed by atoms with Gasteiger partial charge in [-0.3, -0.25) is 9.59 Å². The van der Waals surface area contributed by atoms with E-state index in [1.165, 1.54) is 34.1 Å². The molecule has 3 aromatic rings. The van der Waals surface area contributed by atoms with Gasteiger partial charge in [-0.2, -0.15) is 0 Å². The number of Topliss-reactive ketones (excluding diaryl/α,β-unsaturated/α-hetero) is 1. The smallest absolute Gasteiger partial charge is 0.407 e. The molecule has 2 amide bonds. The Labute approximate surface area is 199 Å². The minimum atomic E-state index is -0.484. The highest BCUT2D eigenvalue weighted by Crippen LogP contribution is 2.44. The number of rotatable bonds is 9. The second kappa shape index (κ2) is 10.3. The van der Waals surface area contributed by atoms with E-state index in [4.69, 9.17) is 4.74 Å². The molecule has 0 heterocycles. The maximum atomic E-state index is 12.4. The number of benzene rings is 3. The molecule has 174 valence electrons. The fourth-order valence-corrected chi connectivity index (χ4v) is 4.49. The van der Waals surface area contributed by atoms with Gasteiger partial charge < -0.3 is 15.0 Å². The first kappa shape index (κ1) is 23.2. The Kier molecular flexibility index (Phi) is 7.07. The predicted octanol–water partition coefficient (Wildman–Crippen LogP) is 4.31. The van der Waals surface area contributed by atoms with Crippen molar-refractivity contribution in [1.82, 2.24) is 10.2 Å². The summed E-state index contributed by atoms with van der Waals surface area (Å²) in [5, 5.41) is 2.81. The van der Waals surface area contributed by atoms with E-state index < -0.39 is 12.1 Å². The third-order valence-electron chi connectivity index (χ3n) is 6.36. The van der Waals surface area contributed by atoms with Gasteiger partial charge in [0.15, 0.2) is 5.78 Å². The van der Waals surface area contributed by atoms with E-state index in [1.54, 1.807) is 7.05 Å². The lowest BCUT2D eigenvalue weighted by Crippen LogP contribution is -2.38. The topological polar surface area (TPSA) is 75.7 Å². The number of hydrogen-bond donors (Lipinski definition) is 1. The van der Waals surface area contributed by atoms with Crippen molar-refractivity contribution >= 4 is 18.3 Å². The molecule has 6 heteroatoms. The predicted molar refractivity (Wildman–Crippen MR) is 130 cm³/mol. The molecule has 4 rings (SSSR count). The molecule has 34 heavy (non-hydrogen) atoms. The summed E-state index contributed by atoms with van der Waals surface area (Å²) >= 11 is 0. The average molecular weight is 457 g/mol. The van der Waals surface area contributed by atoms with Gasteiger partial charge in [0.2, 0.25) is 6.41 Å². The van der Waals surface area contributed by atoms with Crippen molar-refractivity contribution in [3.8, 4) is 11.1 Å². The van der Waals surface area contributed by atoms with Crippen molar-refractivity contribution in [2.45, 2.75) is 31.8 Å². The second-order valence-corrected chi connectivity index (χ2v) is 8.60. The monoisotopic (exact) mass is 456 g/mol. The molecule has 0 radical (unpaired) electrons. The van der Waals surface area contributed by atoms with Crippen LogP contribution in [0.1, 0.15) is 35.1 Å². The first-order chi connectivity index (χ1) is 16.5. The number of carbonyl (C=O) groups is 3. The van der Waals surface area contributed by atoms with Gasteiger partial charge in [0.1, 0.15) is 6.61 Å². The number of hydrogen-bond acceptors (Lipinski definition) is 4. The Bertz CT molecular complexity index is 1140.